The Balaban J connectivity index is 1.77. The summed E-state index contributed by atoms with van der Waals surface area (Å²) in [5, 5.41) is 16.3. The smallest absolute Gasteiger partial charge is 0.333 e. The highest BCUT2D eigenvalue weighted by molar-refractivity contribution is 5.98. The third kappa shape index (κ3) is 3.84. The molecule has 1 aromatic rings. The van der Waals surface area contributed by atoms with Gasteiger partial charge in [0.15, 0.2) is 0 Å². The van der Waals surface area contributed by atoms with Gasteiger partial charge in [0.05, 0.1) is 31.4 Å². The number of piperazine rings is 1. The van der Waals surface area contributed by atoms with Gasteiger partial charge in [0.25, 0.3) is 0 Å². The Hall–Kier alpha value is -1.73. The molecule has 3 rings (SSSR count). The molecule has 0 amide bonds. The van der Waals surface area contributed by atoms with Crippen LogP contribution in [0.5, 0.6) is 0 Å². The summed E-state index contributed by atoms with van der Waals surface area (Å²) in [4.78, 5) is 11.8. The lowest BCUT2D eigenvalue weighted by Crippen LogP contribution is -2.58. The van der Waals surface area contributed by atoms with Gasteiger partial charge in [0.2, 0.25) is 0 Å². The molecule has 6 heteroatoms. The highest BCUT2D eigenvalue weighted by Crippen LogP contribution is 2.31. The first-order valence-electron chi connectivity index (χ1n) is 8.28. The fraction of sp³-hybridized carbons (Fsp3) is 0.500. The maximum atomic E-state index is 11.8. The van der Waals surface area contributed by atoms with Crippen LogP contribution in [0.1, 0.15) is 17.5 Å². The molecule has 0 radical (unpaired) electrons. The van der Waals surface area contributed by atoms with Crippen molar-refractivity contribution in [3.8, 4) is 0 Å². The van der Waals surface area contributed by atoms with Gasteiger partial charge in [-0.05, 0) is 23.1 Å². The number of ether oxygens (including phenoxy) is 2. The van der Waals surface area contributed by atoms with E-state index < -0.39 is 5.97 Å². The number of hydrogen-bond donors (Lipinski definition) is 3. The molecule has 0 spiro atoms. The van der Waals surface area contributed by atoms with Crippen molar-refractivity contribution < 1.29 is 19.4 Å². The van der Waals surface area contributed by atoms with Crippen molar-refractivity contribution in [2.45, 2.75) is 25.1 Å². The predicted molar refractivity (Wildman–Crippen MR) is 90.7 cm³/mol. The number of carboxylic acids is 1. The summed E-state index contributed by atoms with van der Waals surface area (Å²) >= 11 is 0. The first-order chi connectivity index (χ1) is 11.7. The molecule has 3 N–H and O–H groups in total. The molecular weight excluding hydrogens is 308 g/mol. The standard InChI is InChI=1S/C18H24N2O4/c1-23-6-7-24-11-12-2-4-13(5-3-12)15-8-14-9-19-10-16(20-14)17(15)18(21)22/h2-5,14,16,19-20H,6-11H2,1H3,(H,21,22). The van der Waals surface area contributed by atoms with Gasteiger partial charge in [-0.1, -0.05) is 24.3 Å². The quantitative estimate of drug-likeness (QED) is 0.647. The number of carboxylic acid groups (broad SMARTS) is 1. The number of fused-ring (bicyclic) bond motifs is 2. The minimum Gasteiger partial charge on any atom is -0.478 e. The molecule has 2 unspecified atom stereocenters. The summed E-state index contributed by atoms with van der Waals surface area (Å²) in [6, 6.07) is 8.18. The summed E-state index contributed by atoms with van der Waals surface area (Å²) in [5.74, 6) is -0.836. The van der Waals surface area contributed by atoms with E-state index in [1.165, 1.54) is 0 Å². The first-order valence-corrected chi connectivity index (χ1v) is 8.28. The predicted octanol–water partition coefficient (Wildman–Crippen LogP) is 1.02. The summed E-state index contributed by atoms with van der Waals surface area (Å²) < 4.78 is 10.5. The third-order valence-electron chi connectivity index (χ3n) is 4.53. The van der Waals surface area contributed by atoms with Crippen LogP contribution < -0.4 is 10.6 Å². The zero-order chi connectivity index (χ0) is 16.9. The molecule has 2 heterocycles. The van der Waals surface area contributed by atoms with Crippen molar-refractivity contribution in [2.24, 2.45) is 0 Å². The molecule has 0 aromatic heterocycles. The van der Waals surface area contributed by atoms with Crippen LogP contribution in [0.4, 0.5) is 0 Å². The van der Waals surface area contributed by atoms with E-state index >= 15 is 0 Å². The van der Waals surface area contributed by atoms with E-state index in [2.05, 4.69) is 10.6 Å². The highest BCUT2D eigenvalue weighted by atomic mass is 16.5. The Bertz CT molecular complexity index is 612. The lowest BCUT2D eigenvalue weighted by Gasteiger charge is -2.38. The van der Waals surface area contributed by atoms with Gasteiger partial charge in [-0.15, -0.1) is 0 Å². The molecule has 130 valence electrons. The van der Waals surface area contributed by atoms with Crippen LogP contribution in [0.15, 0.2) is 29.8 Å². The molecule has 24 heavy (non-hydrogen) atoms. The Morgan fingerprint density at radius 1 is 1.25 bits per heavy atom. The molecule has 6 nitrogen and oxygen atoms in total. The Kier molecular flexibility index (Phi) is 5.63. The zero-order valence-electron chi connectivity index (χ0n) is 13.9. The van der Waals surface area contributed by atoms with Gasteiger partial charge in [-0.2, -0.15) is 0 Å². The number of nitrogens with one attached hydrogen (secondary N) is 2. The van der Waals surface area contributed by atoms with Crippen LogP contribution in [0.25, 0.3) is 5.57 Å². The van der Waals surface area contributed by atoms with E-state index in [0.29, 0.717) is 38.0 Å². The molecule has 1 aromatic carbocycles. The SMILES string of the molecule is COCCOCc1ccc(C2=C(C(=O)O)C3CNCC(C2)N3)cc1. The normalized spacial score (nSPS) is 23.4. The molecule has 2 aliphatic heterocycles. The summed E-state index contributed by atoms with van der Waals surface area (Å²) in [6.45, 7) is 3.21. The second-order valence-corrected chi connectivity index (χ2v) is 6.22. The number of rotatable bonds is 7. The molecule has 2 aliphatic rings. The van der Waals surface area contributed by atoms with Crippen LogP contribution in [-0.2, 0) is 20.9 Å². The number of methoxy groups -OCH3 is 1. The van der Waals surface area contributed by atoms with E-state index in [1.807, 2.05) is 24.3 Å². The van der Waals surface area contributed by atoms with Gasteiger partial charge >= 0.3 is 5.97 Å². The average Bonchev–Trinajstić information content (AvgIpc) is 2.58. The highest BCUT2D eigenvalue weighted by Gasteiger charge is 2.35. The van der Waals surface area contributed by atoms with Crippen molar-refractivity contribution in [1.29, 1.82) is 0 Å². The fourth-order valence-electron chi connectivity index (χ4n) is 3.37. The number of hydrogen-bond acceptors (Lipinski definition) is 5. The molecule has 2 bridgehead atoms. The fourth-order valence-corrected chi connectivity index (χ4v) is 3.37. The van der Waals surface area contributed by atoms with Crippen LogP contribution >= 0.6 is 0 Å². The van der Waals surface area contributed by atoms with Crippen molar-refractivity contribution >= 4 is 11.5 Å². The van der Waals surface area contributed by atoms with Gasteiger partial charge < -0.3 is 25.2 Å². The Labute approximate surface area is 141 Å². The lowest BCUT2D eigenvalue weighted by atomic mass is 9.84. The van der Waals surface area contributed by atoms with Gasteiger partial charge in [-0.25, -0.2) is 4.79 Å². The molecule has 2 atom stereocenters. The molecule has 1 saturated heterocycles. The Morgan fingerprint density at radius 3 is 2.75 bits per heavy atom. The zero-order valence-corrected chi connectivity index (χ0v) is 13.9. The van der Waals surface area contributed by atoms with E-state index in [0.717, 1.165) is 29.7 Å². The van der Waals surface area contributed by atoms with Crippen molar-refractivity contribution in [3.63, 3.8) is 0 Å². The molecule has 1 fully saturated rings. The van der Waals surface area contributed by atoms with E-state index in [9.17, 15) is 9.90 Å². The van der Waals surface area contributed by atoms with Gasteiger partial charge in [0.1, 0.15) is 0 Å². The Morgan fingerprint density at radius 2 is 2.04 bits per heavy atom. The van der Waals surface area contributed by atoms with Gasteiger partial charge in [0, 0.05) is 26.2 Å². The topological polar surface area (TPSA) is 79.8 Å². The minimum absolute atomic E-state index is 0.123. The number of benzene rings is 1. The van der Waals surface area contributed by atoms with Crippen molar-refractivity contribution in [3.05, 3.63) is 41.0 Å². The van der Waals surface area contributed by atoms with Crippen LogP contribution in [0, 0.1) is 0 Å². The molecule has 0 aliphatic carbocycles. The van der Waals surface area contributed by atoms with E-state index in [4.69, 9.17) is 9.47 Å². The van der Waals surface area contributed by atoms with Crippen molar-refractivity contribution in [1.82, 2.24) is 10.6 Å². The third-order valence-corrected chi connectivity index (χ3v) is 4.53. The lowest BCUT2D eigenvalue weighted by molar-refractivity contribution is -0.133. The summed E-state index contributed by atoms with van der Waals surface area (Å²) in [7, 11) is 1.65. The maximum absolute atomic E-state index is 11.8. The second-order valence-electron chi connectivity index (χ2n) is 6.22. The monoisotopic (exact) mass is 332 g/mol. The molecule has 0 saturated carbocycles. The van der Waals surface area contributed by atoms with Crippen LogP contribution in [-0.4, -0.2) is 56.6 Å². The minimum atomic E-state index is -0.836. The maximum Gasteiger partial charge on any atom is 0.333 e. The summed E-state index contributed by atoms with van der Waals surface area (Å²) in [5.41, 5.74) is 3.50. The number of aliphatic carboxylic acids is 1. The number of carbonyl (C=O) groups is 1. The summed E-state index contributed by atoms with van der Waals surface area (Å²) in [6.07, 6.45) is 0.731. The average molecular weight is 332 g/mol. The van der Waals surface area contributed by atoms with Crippen LogP contribution in [0.3, 0.4) is 0 Å². The van der Waals surface area contributed by atoms with Gasteiger partial charge in [-0.3, -0.25) is 0 Å². The van der Waals surface area contributed by atoms with E-state index in [-0.39, 0.29) is 6.04 Å². The molecular formula is C18H24N2O4. The van der Waals surface area contributed by atoms with Crippen molar-refractivity contribution in [2.75, 3.05) is 33.4 Å². The largest absolute Gasteiger partial charge is 0.478 e. The van der Waals surface area contributed by atoms with Crippen LogP contribution in [0.2, 0.25) is 0 Å². The first kappa shape index (κ1) is 17.1. The second kappa shape index (κ2) is 7.90. The van der Waals surface area contributed by atoms with E-state index in [1.54, 1.807) is 7.11 Å².